The number of rotatable bonds is 7. The molecule has 0 aromatic heterocycles. The minimum Gasteiger partial charge on any atom is -0.355 e. The van der Waals surface area contributed by atoms with Crippen LogP contribution in [0.15, 0.2) is 11.0 Å². The molecule has 2 rings (SSSR count). The van der Waals surface area contributed by atoms with Crippen molar-refractivity contribution in [1.29, 1.82) is 0 Å². The number of carbonyl (C=O) groups excluding carboxylic acids is 1. The zero-order chi connectivity index (χ0) is 16.0. The summed E-state index contributed by atoms with van der Waals surface area (Å²) < 4.78 is 24.4. The van der Waals surface area contributed by atoms with Crippen LogP contribution in [0.4, 0.5) is 0 Å². The van der Waals surface area contributed by atoms with Crippen molar-refractivity contribution in [3.8, 4) is 0 Å². The van der Waals surface area contributed by atoms with Crippen molar-refractivity contribution >= 4 is 15.7 Å². The third-order valence-electron chi connectivity index (χ3n) is 4.69. The highest BCUT2D eigenvalue weighted by atomic mass is 32.2. The van der Waals surface area contributed by atoms with Crippen LogP contribution in [0, 0.1) is 0 Å². The van der Waals surface area contributed by atoms with Crippen molar-refractivity contribution in [2.75, 3.05) is 25.4 Å². The lowest BCUT2D eigenvalue weighted by molar-refractivity contribution is -0.120. The van der Waals surface area contributed by atoms with Gasteiger partial charge >= 0.3 is 0 Å². The normalized spacial score (nSPS) is 23.3. The first kappa shape index (κ1) is 17.5. The van der Waals surface area contributed by atoms with Crippen LogP contribution in [0.3, 0.4) is 0 Å². The summed E-state index contributed by atoms with van der Waals surface area (Å²) in [7, 11) is -3.24. The van der Waals surface area contributed by atoms with E-state index >= 15 is 0 Å². The van der Waals surface area contributed by atoms with Gasteiger partial charge in [-0.15, -0.1) is 0 Å². The van der Waals surface area contributed by atoms with E-state index in [0.29, 0.717) is 23.9 Å². The predicted octanol–water partition coefficient (Wildman–Crippen LogP) is 1.85. The van der Waals surface area contributed by atoms with Gasteiger partial charge in [0.1, 0.15) is 0 Å². The molecule has 6 heteroatoms. The zero-order valence-corrected chi connectivity index (χ0v) is 14.3. The first-order valence-corrected chi connectivity index (χ1v) is 10.1. The second kappa shape index (κ2) is 8.11. The summed E-state index contributed by atoms with van der Waals surface area (Å²) >= 11 is 0. The Morgan fingerprint density at radius 2 is 2.18 bits per heavy atom. The van der Waals surface area contributed by atoms with Gasteiger partial charge in [0.2, 0.25) is 5.91 Å². The van der Waals surface area contributed by atoms with Gasteiger partial charge in [0.25, 0.3) is 0 Å². The Kier molecular flexibility index (Phi) is 6.44. The molecule has 1 heterocycles. The van der Waals surface area contributed by atoms with Crippen LogP contribution in [0.25, 0.3) is 0 Å². The third-order valence-corrected chi connectivity index (χ3v) is 6.60. The molecule has 0 saturated carbocycles. The van der Waals surface area contributed by atoms with E-state index in [9.17, 15) is 13.2 Å². The molecule has 22 heavy (non-hydrogen) atoms. The molecule has 5 nitrogen and oxygen atoms in total. The number of likely N-dealkylation sites (N-methyl/N-ethyl adjacent to an activating group) is 1. The lowest BCUT2D eigenvalue weighted by Gasteiger charge is -2.22. The fourth-order valence-corrected chi connectivity index (χ4v) is 4.86. The number of allylic oxidation sites excluding steroid dienone is 2. The van der Waals surface area contributed by atoms with Crippen molar-refractivity contribution < 1.29 is 13.2 Å². The Hall–Kier alpha value is -0.880. The number of carbonyl (C=O) groups is 1. The Balaban J connectivity index is 1.74. The lowest BCUT2D eigenvalue weighted by Crippen LogP contribution is -2.40. The van der Waals surface area contributed by atoms with Crippen molar-refractivity contribution in [1.82, 2.24) is 10.2 Å². The molecular formula is C16H28N2O3S. The maximum absolute atomic E-state index is 12.2. The summed E-state index contributed by atoms with van der Waals surface area (Å²) in [4.78, 5) is 14.8. The summed E-state index contributed by atoms with van der Waals surface area (Å²) in [5.74, 6) is -0.213. The van der Waals surface area contributed by atoms with Crippen LogP contribution in [-0.2, 0) is 14.6 Å². The molecule has 126 valence electrons. The highest BCUT2D eigenvalue weighted by molar-refractivity contribution is 7.95. The number of hydrogen-bond acceptors (Lipinski definition) is 4. The van der Waals surface area contributed by atoms with Crippen LogP contribution in [0.5, 0.6) is 0 Å². The molecule has 0 spiro atoms. The van der Waals surface area contributed by atoms with Gasteiger partial charge in [0, 0.05) is 23.9 Å². The predicted molar refractivity (Wildman–Crippen MR) is 88.2 cm³/mol. The van der Waals surface area contributed by atoms with Crippen LogP contribution in [0.1, 0.15) is 51.9 Å². The zero-order valence-electron chi connectivity index (χ0n) is 13.5. The Morgan fingerprint density at radius 3 is 2.86 bits per heavy atom. The van der Waals surface area contributed by atoms with Crippen LogP contribution in [-0.4, -0.2) is 50.7 Å². The Labute approximate surface area is 134 Å². The summed E-state index contributed by atoms with van der Waals surface area (Å²) in [6, 6.07) is 0.409. The SMILES string of the molecule is CCN1CCCC1CNC(=O)CCS(=O)(=O)C1=CCCCC1. The van der Waals surface area contributed by atoms with Crippen molar-refractivity contribution in [3.05, 3.63) is 11.0 Å². The van der Waals surface area contributed by atoms with E-state index in [1.54, 1.807) is 0 Å². The molecule has 0 radical (unpaired) electrons. The highest BCUT2D eigenvalue weighted by Gasteiger charge is 2.24. The number of sulfone groups is 1. The molecule has 1 saturated heterocycles. The average molecular weight is 328 g/mol. The Bertz CT molecular complexity index is 513. The first-order valence-electron chi connectivity index (χ1n) is 8.45. The first-order chi connectivity index (χ1) is 10.5. The third kappa shape index (κ3) is 4.81. The minimum absolute atomic E-state index is 0.0627. The highest BCUT2D eigenvalue weighted by Crippen LogP contribution is 2.23. The summed E-state index contributed by atoms with van der Waals surface area (Å²) in [5.41, 5.74) is 0. The second-order valence-corrected chi connectivity index (χ2v) is 8.38. The largest absolute Gasteiger partial charge is 0.355 e. The molecular weight excluding hydrogens is 300 g/mol. The van der Waals surface area contributed by atoms with Gasteiger partial charge in [0.05, 0.1) is 5.75 Å². The fraction of sp³-hybridized carbons (Fsp3) is 0.812. The molecule has 0 aromatic carbocycles. The van der Waals surface area contributed by atoms with E-state index in [-0.39, 0.29) is 18.1 Å². The van der Waals surface area contributed by atoms with Crippen molar-refractivity contribution in [2.45, 2.75) is 57.9 Å². The molecule has 2 aliphatic rings. The maximum Gasteiger partial charge on any atom is 0.221 e. The van der Waals surface area contributed by atoms with Gasteiger partial charge in [0.15, 0.2) is 9.84 Å². The van der Waals surface area contributed by atoms with Crippen molar-refractivity contribution in [2.24, 2.45) is 0 Å². The lowest BCUT2D eigenvalue weighted by atomic mass is 10.1. The molecule has 0 aromatic rings. The molecule has 1 atom stereocenters. The van der Waals surface area contributed by atoms with Gasteiger partial charge in [-0.25, -0.2) is 8.42 Å². The van der Waals surface area contributed by atoms with Gasteiger partial charge in [-0.1, -0.05) is 13.0 Å². The van der Waals surface area contributed by atoms with Crippen LogP contribution >= 0.6 is 0 Å². The van der Waals surface area contributed by atoms with E-state index in [1.165, 1.54) is 6.42 Å². The molecule has 1 amide bonds. The van der Waals surface area contributed by atoms with E-state index in [2.05, 4.69) is 17.1 Å². The Morgan fingerprint density at radius 1 is 1.36 bits per heavy atom. The number of amides is 1. The molecule has 1 aliphatic heterocycles. The summed E-state index contributed by atoms with van der Waals surface area (Å²) in [5, 5.41) is 2.90. The molecule has 1 N–H and O–H groups in total. The van der Waals surface area contributed by atoms with E-state index in [1.807, 2.05) is 6.08 Å². The number of likely N-dealkylation sites (tertiary alicyclic amines) is 1. The average Bonchev–Trinajstić information content (AvgIpc) is 2.99. The minimum atomic E-state index is -3.24. The number of hydrogen-bond donors (Lipinski definition) is 1. The van der Waals surface area contributed by atoms with Gasteiger partial charge in [-0.2, -0.15) is 0 Å². The van der Waals surface area contributed by atoms with E-state index in [0.717, 1.165) is 38.8 Å². The smallest absolute Gasteiger partial charge is 0.221 e. The summed E-state index contributed by atoms with van der Waals surface area (Å²) in [6.45, 7) is 4.86. The monoisotopic (exact) mass is 328 g/mol. The molecule has 1 fully saturated rings. The number of nitrogens with zero attached hydrogens (tertiary/aromatic N) is 1. The van der Waals surface area contributed by atoms with Crippen molar-refractivity contribution in [3.63, 3.8) is 0 Å². The topological polar surface area (TPSA) is 66.5 Å². The standard InChI is InChI=1S/C16H28N2O3S/c1-2-18-11-6-7-14(18)13-17-16(19)10-12-22(20,21)15-8-4-3-5-9-15/h8,14H,2-7,9-13H2,1H3,(H,17,19). The fourth-order valence-electron chi connectivity index (χ4n) is 3.31. The summed E-state index contributed by atoms with van der Waals surface area (Å²) in [6.07, 6.45) is 7.66. The molecule has 1 unspecified atom stereocenters. The number of nitrogens with one attached hydrogen (secondary N) is 1. The van der Waals surface area contributed by atoms with Gasteiger partial charge in [-0.3, -0.25) is 9.69 Å². The van der Waals surface area contributed by atoms with Crippen LogP contribution < -0.4 is 5.32 Å². The quantitative estimate of drug-likeness (QED) is 0.774. The van der Waals surface area contributed by atoms with E-state index in [4.69, 9.17) is 0 Å². The van der Waals surface area contributed by atoms with Gasteiger partial charge < -0.3 is 5.32 Å². The van der Waals surface area contributed by atoms with Gasteiger partial charge in [-0.05, 0) is 51.6 Å². The van der Waals surface area contributed by atoms with E-state index < -0.39 is 9.84 Å². The second-order valence-electron chi connectivity index (χ2n) is 6.21. The molecule has 0 bridgehead atoms. The van der Waals surface area contributed by atoms with Crippen LogP contribution in [0.2, 0.25) is 0 Å². The maximum atomic E-state index is 12.2. The molecule has 1 aliphatic carbocycles.